The average Bonchev–Trinajstić information content (AvgIpc) is 3.32. The Hall–Kier alpha value is -2.29. The average molecular weight is 373 g/mol. The van der Waals surface area contributed by atoms with E-state index in [1.807, 2.05) is 24.8 Å². The predicted octanol–water partition coefficient (Wildman–Crippen LogP) is 1.51. The van der Waals surface area contributed by atoms with Crippen LogP contribution in [0.2, 0.25) is 0 Å². The first kappa shape index (κ1) is 17.1. The van der Waals surface area contributed by atoms with Crippen molar-refractivity contribution in [2.45, 2.75) is 26.7 Å². The maximum Gasteiger partial charge on any atom is 0.267 e. The number of piperazine rings is 1. The molecular formula is C17H23N7OS. The summed E-state index contributed by atoms with van der Waals surface area (Å²) in [6, 6.07) is 2.04. The summed E-state index contributed by atoms with van der Waals surface area (Å²) in [6.07, 6.45) is 2.42. The second-order valence-corrected chi connectivity index (χ2v) is 7.58. The summed E-state index contributed by atoms with van der Waals surface area (Å²) in [5.74, 6) is 1.83. The molecule has 2 aromatic heterocycles. The first-order valence-corrected chi connectivity index (χ1v) is 9.83. The van der Waals surface area contributed by atoms with E-state index < -0.39 is 0 Å². The van der Waals surface area contributed by atoms with Crippen molar-refractivity contribution in [1.29, 1.82) is 0 Å². The molecule has 0 aliphatic carbocycles. The Morgan fingerprint density at radius 2 is 1.73 bits per heavy atom. The van der Waals surface area contributed by atoms with Crippen molar-refractivity contribution in [3.8, 4) is 0 Å². The smallest absolute Gasteiger partial charge is 0.267 e. The van der Waals surface area contributed by atoms with Crippen molar-refractivity contribution in [3.63, 3.8) is 0 Å². The van der Waals surface area contributed by atoms with E-state index in [0.29, 0.717) is 23.7 Å². The lowest BCUT2D eigenvalue weighted by atomic mass is 10.2. The fourth-order valence-corrected chi connectivity index (χ4v) is 4.09. The van der Waals surface area contributed by atoms with Crippen molar-refractivity contribution in [2.24, 2.45) is 0 Å². The molecule has 2 saturated heterocycles. The number of carbonyl (C=O) groups excluding carboxylic acids is 1. The molecule has 2 aliphatic rings. The Labute approximate surface area is 157 Å². The zero-order valence-corrected chi connectivity index (χ0v) is 16.0. The van der Waals surface area contributed by atoms with Crippen LogP contribution in [0.1, 0.15) is 33.9 Å². The number of hydrogen-bond donors (Lipinski definition) is 0. The summed E-state index contributed by atoms with van der Waals surface area (Å²) in [4.78, 5) is 29.0. The molecule has 0 spiro atoms. The van der Waals surface area contributed by atoms with Gasteiger partial charge in [0, 0.05) is 51.0 Å². The second-order valence-electron chi connectivity index (χ2n) is 6.83. The summed E-state index contributed by atoms with van der Waals surface area (Å²) < 4.78 is 3.87. The summed E-state index contributed by atoms with van der Waals surface area (Å²) in [7, 11) is 0. The van der Waals surface area contributed by atoms with Gasteiger partial charge in [0.2, 0.25) is 5.95 Å². The van der Waals surface area contributed by atoms with Gasteiger partial charge in [0.05, 0.1) is 5.69 Å². The van der Waals surface area contributed by atoms with Gasteiger partial charge < -0.3 is 14.7 Å². The van der Waals surface area contributed by atoms with Gasteiger partial charge in [-0.15, -0.1) is 5.10 Å². The minimum atomic E-state index is 0.0359. The van der Waals surface area contributed by atoms with Gasteiger partial charge in [-0.05, 0) is 38.2 Å². The molecule has 0 atom stereocenters. The molecule has 4 rings (SSSR count). The number of aromatic nitrogens is 4. The third-order valence-electron chi connectivity index (χ3n) is 4.95. The Balaban J connectivity index is 1.45. The molecule has 1 amide bonds. The number of nitrogens with zero attached hydrogens (tertiary/aromatic N) is 7. The van der Waals surface area contributed by atoms with E-state index in [9.17, 15) is 4.79 Å². The quantitative estimate of drug-likeness (QED) is 0.807. The van der Waals surface area contributed by atoms with Gasteiger partial charge in [-0.3, -0.25) is 4.79 Å². The standard InChI is InChI=1S/C17H23N7OS/c1-12-11-14(19-17(18-12)24-5-3-4-6-24)22-7-9-23(10-8-22)16(25)15-13(2)20-21-26-15/h11H,3-10H2,1-2H3. The first-order chi connectivity index (χ1) is 12.6. The highest BCUT2D eigenvalue weighted by Gasteiger charge is 2.26. The molecule has 2 aliphatic heterocycles. The van der Waals surface area contributed by atoms with Crippen LogP contribution in [0.5, 0.6) is 0 Å². The molecule has 26 heavy (non-hydrogen) atoms. The van der Waals surface area contributed by atoms with Gasteiger partial charge in [0.25, 0.3) is 5.91 Å². The Kier molecular flexibility index (Phi) is 4.71. The maximum absolute atomic E-state index is 12.6. The van der Waals surface area contributed by atoms with E-state index in [1.165, 1.54) is 24.4 Å². The molecule has 4 heterocycles. The highest BCUT2D eigenvalue weighted by atomic mass is 32.1. The lowest BCUT2D eigenvalue weighted by molar-refractivity contribution is 0.0750. The first-order valence-electron chi connectivity index (χ1n) is 9.05. The van der Waals surface area contributed by atoms with E-state index in [1.54, 1.807) is 0 Å². The molecule has 0 aromatic carbocycles. The van der Waals surface area contributed by atoms with Gasteiger partial charge in [0.15, 0.2) is 0 Å². The minimum Gasteiger partial charge on any atom is -0.353 e. The van der Waals surface area contributed by atoms with E-state index >= 15 is 0 Å². The van der Waals surface area contributed by atoms with Gasteiger partial charge in [-0.2, -0.15) is 4.98 Å². The molecule has 2 fully saturated rings. The van der Waals surface area contributed by atoms with Crippen LogP contribution in [0.15, 0.2) is 6.07 Å². The van der Waals surface area contributed by atoms with E-state index in [-0.39, 0.29) is 5.91 Å². The molecule has 9 heteroatoms. The molecule has 2 aromatic rings. The van der Waals surface area contributed by atoms with Crippen molar-refractivity contribution in [1.82, 2.24) is 24.5 Å². The zero-order chi connectivity index (χ0) is 18.1. The zero-order valence-electron chi connectivity index (χ0n) is 15.2. The van der Waals surface area contributed by atoms with E-state index in [2.05, 4.69) is 24.4 Å². The lowest BCUT2D eigenvalue weighted by Crippen LogP contribution is -2.49. The molecule has 0 bridgehead atoms. The van der Waals surface area contributed by atoms with Crippen LogP contribution in [-0.4, -0.2) is 69.6 Å². The monoisotopic (exact) mass is 373 g/mol. The summed E-state index contributed by atoms with van der Waals surface area (Å²) in [6.45, 7) is 8.82. The number of amides is 1. The Morgan fingerprint density at radius 3 is 2.38 bits per heavy atom. The van der Waals surface area contributed by atoms with E-state index in [0.717, 1.165) is 43.6 Å². The highest BCUT2D eigenvalue weighted by molar-refractivity contribution is 7.07. The number of rotatable bonds is 3. The molecule has 0 saturated carbocycles. The molecule has 138 valence electrons. The predicted molar refractivity (Wildman–Crippen MR) is 101 cm³/mol. The van der Waals surface area contributed by atoms with Crippen LogP contribution in [0.3, 0.4) is 0 Å². The third-order valence-corrected chi connectivity index (χ3v) is 5.77. The molecule has 0 radical (unpaired) electrons. The molecule has 8 nitrogen and oxygen atoms in total. The topological polar surface area (TPSA) is 78.3 Å². The fourth-order valence-electron chi connectivity index (χ4n) is 3.47. The van der Waals surface area contributed by atoms with Crippen LogP contribution >= 0.6 is 11.5 Å². The maximum atomic E-state index is 12.6. The van der Waals surface area contributed by atoms with E-state index in [4.69, 9.17) is 4.98 Å². The number of carbonyl (C=O) groups is 1. The summed E-state index contributed by atoms with van der Waals surface area (Å²) >= 11 is 1.17. The highest BCUT2D eigenvalue weighted by Crippen LogP contribution is 2.22. The lowest BCUT2D eigenvalue weighted by Gasteiger charge is -2.35. The Bertz CT molecular complexity index is 794. The van der Waals surface area contributed by atoms with Crippen molar-refractivity contribution in [2.75, 3.05) is 49.1 Å². The van der Waals surface area contributed by atoms with Crippen LogP contribution < -0.4 is 9.80 Å². The largest absolute Gasteiger partial charge is 0.353 e. The van der Waals surface area contributed by atoms with Crippen LogP contribution in [0.4, 0.5) is 11.8 Å². The van der Waals surface area contributed by atoms with Crippen LogP contribution in [0.25, 0.3) is 0 Å². The van der Waals surface area contributed by atoms with Crippen molar-refractivity contribution < 1.29 is 4.79 Å². The minimum absolute atomic E-state index is 0.0359. The normalized spacial score (nSPS) is 17.8. The third kappa shape index (κ3) is 3.35. The van der Waals surface area contributed by atoms with Gasteiger partial charge in [-0.25, -0.2) is 4.98 Å². The fraction of sp³-hybridized carbons (Fsp3) is 0.588. The van der Waals surface area contributed by atoms with Gasteiger partial charge >= 0.3 is 0 Å². The summed E-state index contributed by atoms with van der Waals surface area (Å²) in [5, 5.41) is 3.94. The van der Waals surface area contributed by atoms with Gasteiger partial charge in [-0.1, -0.05) is 4.49 Å². The molecule has 0 N–H and O–H groups in total. The van der Waals surface area contributed by atoms with Gasteiger partial charge in [0.1, 0.15) is 10.7 Å². The summed E-state index contributed by atoms with van der Waals surface area (Å²) in [5.41, 5.74) is 1.70. The Morgan fingerprint density at radius 1 is 1.00 bits per heavy atom. The van der Waals surface area contributed by atoms with Crippen LogP contribution in [0, 0.1) is 13.8 Å². The SMILES string of the molecule is Cc1cc(N2CCN(C(=O)c3snnc3C)CC2)nc(N2CCCC2)n1. The van der Waals surface area contributed by atoms with Crippen molar-refractivity contribution in [3.05, 3.63) is 22.3 Å². The van der Waals surface area contributed by atoms with Crippen molar-refractivity contribution >= 4 is 29.2 Å². The number of aryl methyl sites for hydroxylation is 2. The second kappa shape index (κ2) is 7.14. The van der Waals surface area contributed by atoms with Crippen LogP contribution in [-0.2, 0) is 0 Å². The number of anilines is 2. The molecule has 0 unspecified atom stereocenters. The number of hydrogen-bond acceptors (Lipinski definition) is 8. The molecular weight excluding hydrogens is 350 g/mol.